The minimum atomic E-state index is -0.454. The van der Waals surface area contributed by atoms with Gasteiger partial charge in [-0.1, -0.05) is 23.4 Å². The fourth-order valence-electron chi connectivity index (χ4n) is 3.74. The molecule has 1 amide bonds. The molecule has 1 atom stereocenters. The van der Waals surface area contributed by atoms with Crippen LogP contribution < -0.4 is 9.47 Å². The molecule has 1 heterocycles. The van der Waals surface area contributed by atoms with E-state index in [4.69, 9.17) is 14.3 Å². The van der Waals surface area contributed by atoms with Gasteiger partial charge in [0.15, 0.2) is 6.10 Å². The molecular formula is C26H25FN2O4. The summed E-state index contributed by atoms with van der Waals surface area (Å²) in [5.74, 6) is 0.733. The number of carbonyl (C=O) groups excluding carboxylic acids is 1. The average Bonchev–Trinajstić information content (AvgIpc) is 3.32. The Labute approximate surface area is 192 Å². The van der Waals surface area contributed by atoms with Crippen LogP contribution >= 0.6 is 0 Å². The van der Waals surface area contributed by atoms with E-state index in [1.54, 1.807) is 25.2 Å². The molecular weight excluding hydrogens is 423 g/mol. The van der Waals surface area contributed by atoms with E-state index in [2.05, 4.69) is 5.16 Å². The predicted octanol–water partition coefficient (Wildman–Crippen LogP) is 4.68. The Bertz CT molecular complexity index is 1150. The smallest absolute Gasteiger partial charge is 0.254 e. The molecule has 0 spiro atoms. The number of hydrogen-bond donors (Lipinski definition) is 0. The number of amides is 1. The highest BCUT2D eigenvalue weighted by Gasteiger charge is 2.27. The Morgan fingerprint density at radius 2 is 1.79 bits per heavy atom. The zero-order valence-electron chi connectivity index (χ0n) is 18.5. The SMILES string of the molecule is COc1ccc(C2=NOC(CN(Cc3cccc(OC)c3)C(=O)c3cccc(F)c3)C2)cc1. The third kappa shape index (κ3) is 5.49. The molecule has 1 aliphatic heterocycles. The molecule has 0 aromatic heterocycles. The van der Waals surface area contributed by atoms with Crippen LogP contribution in [0, 0.1) is 5.82 Å². The molecule has 0 radical (unpaired) electrons. The summed E-state index contributed by atoms with van der Waals surface area (Å²) < 4.78 is 24.3. The number of nitrogens with zero attached hydrogens (tertiary/aromatic N) is 2. The van der Waals surface area contributed by atoms with Crippen molar-refractivity contribution in [1.29, 1.82) is 0 Å². The second-order valence-corrected chi connectivity index (χ2v) is 7.75. The zero-order valence-corrected chi connectivity index (χ0v) is 18.5. The molecule has 0 bridgehead atoms. The van der Waals surface area contributed by atoms with Crippen molar-refractivity contribution in [1.82, 2.24) is 4.90 Å². The van der Waals surface area contributed by atoms with E-state index in [0.29, 0.717) is 25.3 Å². The van der Waals surface area contributed by atoms with E-state index in [1.165, 1.54) is 18.2 Å². The molecule has 1 unspecified atom stereocenters. The van der Waals surface area contributed by atoms with Crippen LogP contribution in [0.5, 0.6) is 11.5 Å². The van der Waals surface area contributed by atoms with E-state index in [1.807, 2.05) is 48.5 Å². The molecule has 4 rings (SSSR count). The number of carbonyl (C=O) groups is 1. The van der Waals surface area contributed by atoms with E-state index in [9.17, 15) is 9.18 Å². The summed E-state index contributed by atoms with van der Waals surface area (Å²) in [6.07, 6.45) is 0.238. The lowest BCUT2D eigenvalue weighted by Crippen LogP contribution is -2.37. The van der Waals surface area contributed by atoms with Crippen molar-refractivity contribution < 1.29 is 23.5 Å². The normalized spacial score (nSPS) is 14.9. The number of rotatable bonds is 8. The molecule has 0 N–H and O–H groups in total. The molecule has 0 saturated heterocycles. The second-order valence-electron chi connectivity index (χ2n) is 7.75. The predicted molar refractivity (Wildman–Crippen MR) is 123 cm³/mol. The first-order valence-corrected chi connectivity index (χ1v) is 10.6. The van der Waals surface area contributed by atoms with Crippen LogP contribution in [-0.2, 0) is 11.4 Å². The van der Waals surface area contributed by atoms with Crippen LogP contribution in [0.15, 0.2) is 78.0 Å². The standard InChI is InChI=1S/C26H25FN2O4/c1-31-22-11-9-19(10-12-22)25-15-24(33-28-25)17-29(16-18-5-3-8-23(13-18)32-2)26(30)20-6-4-7-21(27)14-20/h3-14,24H,15-17H2,1-2H3. The van der Waals surface area contributed by atoms with Crippen molar-refractivity contribution in [3.8, 4) is 11.5 Å². The lowest BCUT2D eigenvalue weighted by molar-refractivity contribution is 0.0405. The van der Waals surface area contributed by atoms with Crippen molar-refractivity contribution in [2.24, 2.45) is 5.16 Å². The number of ether oxygens (including phenoxy) is 2. The van der Waals surface area contributed by atoms with Gasteiger partial charge in [0, 0.05) is 18.5 Å². The molecule has 0 saturated carbocycles. The van der Waals surface area contributed by atoms with Gasteiger partial charge in [0.1, 0.15) is 17.3 Å². The molecule has 3 aromatic carbocycles. The molecule has 1 aliphatic rings. The molecule has 3 aromatic rings. The first-order valence-electron chi connectivity index (χ1n) is 10.6. The maximum atomic E-state index is 13.8. The van der Waals surface area contributed by atoms with Crippen LogP contribution in [0.2, 0.25) is 0 Å². The average molecular weight is 448 g/mol. The molecule has 6 nitrogen and oxygen atoms in total. The maximum Gasteiger partial charge on any atom is 0.254 e. The van der Waals surface area contributed by atoms with Crippen molar-refractivity contribution in [3.05, 3.63) is 95.3 Å². The lowest BCUT2D eigenvalue weighted by atomic mass is 10.0. The van der Waals surface area contributed by atoms with Crippen LogP contribution in [0.1, 0.15) is 27.9 Å². The van der Waals surface area contributed by atoms with Gasteiger partial charge in [-0.15, -0.1) is 0 Å². The molecule has 0 fully saturated rings. The van der Waals surface area contributed by atoms with Gasteiger partial charge in [0.25, 0.3) is 5.91 Å². The monoisotopic (exact) mass is 448 g/mol. The van der Waals surface area contributed by atoms with Crippen molar-refractivity contribution in [2.45, 2.75) is 19.1 Å². The summed E-state index contributed by atoms with van der Waals surface area (Å²) in [5, 5.41) is 4.23. The van der Waals surface area contributed by atoms with Gasteiger partial charge in [0.2, 0.25) is 0 Å². The quantitative estimate of drug-likeness (QED) is 0.502. The molecule has 7 heteroatoms. The minimum Gasteiger partial charge on any atom is -0.497 e. The maximum absolute atomic E-state index is 13.8. The third-order valence-electron chi connectivity index (χ3n) is 5.45. The summed E-state index contributed by atoms with van der Waals surface area (Å²) in [7, 11) is 3.22. The molecule has 170 valence electrons. The zero-order chi connectivity index (χ0) is 23.2. The summed E-state index contributed by atoms with van der Waals surface area (Å²) in [6, 6.07) is 20.8. The summed E-state index contributed by atoms with van der Waals surface area (Å²) >= 11 is 0. The highest BCUT2D eigenvalue weighted by Crippen LogP contribution is 2.22. The highest BCUT2D eigenvalue weighted by molar-refractivity contribution is 6.01. The summed E-state index contributed by atoms with van der Waals surface area (Å²) in [6.45, 7) is 0.625. The largest absolute Gasteiger partial charge is 0.497 e. The molecule has 0 aliphatic carbocycles. The van der Waals surface area contributed by atoms with Crippen LogP contribution in [-0.4, -0.2) is 43.4 Å². The number of hydrogen-bond acceptors (Lipinski definition) is 5. The fourth-order valence-corrected chi connectivity index (χ4v) is 3.74. The lowest BCUT2D eigenvalue weighted by Gasteiger charge is -2.25. The summed E-state index contributed by atoms with van der Waals surface area (Å²) in [4.78, 5) is 20.6. The topological polar surface area (TPSA) is 60.4 Å². The van der Waals surface area contributed by atoms with Crippen molar-refractivity contribution in [2.75, 3.05) is 20.8 Å². The fraction of sp³-hybridized carbons (Fsp3) is 0.231. The van der Waals surface area contributed by atoms with Gasteiger partial charge in [-0.2, -0.15) is 0 Å². The number of benzene rings is 3. The Hall–Kier alpha value is -3.87. The van der Waals surface area contributed by atoms with Crippen LogP contribution in [0.3, 0.4) is 0 Å². The third-order valence-corrected chi connectivity index (χ3v) is 5.45. The van der Waals surface area contributed by atoms with Crippen molar-refractivity contribution in [3.63, 3.8) is 0 Å². The second kappa shape index (κ2) is 10.2. The first kappa shape index (κ1) is 22.3. The van der Waals surface area contributed by atoms with Crippen molar-refractivity contribution >= 4 is 11.6 Å². The summed E-state index contributed by atoms with van der Waals surface area (Å²) in [5.41, 5.74) is 2.93. The van der Waals surface area contributed by atoms with E-state index in [-0.39, 0.29) is 17.6 Å². The van der Waals surface area contributed by atoms with E-state index < -0.39 is 5.82 Å². The van der Waals surface area contributed by atoms with Gasteiger partial charge in [-0.25, -0.2) is 4.39 Å². The Morgan fingerprint density at radius 3 is 2.52 bits per heavy atom. The van der Waals surface area contributed by atoms with Gasteiger partial charge in [-0.3, -0.25) is 4.79 Å². The van der Waals surface area contributed by atoms with Gasteiger partial charge in [0.05, 0.1) is 26.5 Å². The van der Waals surface area contributed by atoms with Crippen LogP contribution in [0.4, 0.5) is 4.39 Å². The number of oxime groups is 1. The van der Waals surface area contributed by atoms with Gasteiger partial charge < -0.3 is 19.2 Å². The first-order chi connectivity index (χ1) is 16.1. The van der Waals surface area contributed by atoms with Gasteiger partial charge in [-0.05, 0) is 65.7 Å². The van der Waals surface area contributed by atoms with Gasteiger partial charge >= 0.3 is 0 Å². The number of methoxy groups -OCH3 is 2. The van der Waals surface area contributed by atoms with Crippen LogP contribution in [0.25, 0.3) is 0 Å². The molecule has 33 heavy (non-hydrogen) atoms. The number of halogens is 1. The Balaban J connectivity index is 1.51. The highest BCUT2D eigenvalue weighted by atomic mass is 19.1. The Kier molecular flexibility index (Phi) is 6.88. The Morgan fingerprint density at radius 1 is 1.03 bits per heavy atom. The van der Waals surface area contributed by atoms with E-state index >= 15 is 0 Å². The minimum absolute atomic E-state index is 0.279. The van der Waals surface area contributed by atoms with E-state index in [0.717, 1.165) is 22.6 Å².